The van der Waals surface area contributed by atoms with Crippen molar-refractivity contribution in [2.24, 2.45) is 11.3 Å². The van der Waals surface area contributed by atoms with E-state index in [4.69, 9.17) is 4.74 Å². The summed E-state index contributed by atoms with van der Waals surface area (Å²) in [5.74, 6) is 0.312. The van der Waals surface area contributed by atoms with Crippen molar-refractivity contribution in [3.05, 3.63) is 35.9 Å². The van der Waals surface area contributed by atoms with E-state index in [0.717, 1.165) is 19.6 Å². The lowest BCUT2D eigenvalue weighted by molar-refractivity contribution is -0.146. The van der Waals surface area contributed by atoms with Gasteiger partial charge in [-0.15, -0.1) is 0 Å². The average molecular weight is 272 g/mol. The van der Waals surface area contributed by atoms with Gasteiger partial charge in [0.2, 0.25) is 0 Å². The fourth-order valence-electron chi connectivity index (χ4n) is 3.28. The van der Waals surface area contributed by atoms with Crippen LogP contribution < -0.4 is 0 Å². The van der Waals surface area contributed by atoms with Gasteiger partial charge in [0.1, 0.15) is 0 Å². The molecular weight excluding hydrogens is 252 g/mol. The first-order chi connectivity index (χ1) is 9.76. The van der Waals surface area contributed by atoms with Gasteiger partial charge in [-0.1, -0.05) is 30.3 Å². The van der Waals surface area contributed by atoms with E-state index in [1.807, 2.05) is 18.2 Å². The number of hydrogen-bond acceptors (Lipinski definition) is 4. The van der Waals surface area contributed by atoms with Crippen molar-refractivity contribution in [3.8, 4) is 6.07 Å². The van der Waals surface area contributed by atoms with Crippen molar-refractivity contribution < 1.29 is 9.84 Å². The van der Waals surface area contributed by atoms with Crippen LogP contribution >= 0.6 is 0 Å². The second-order valence-electron chi connectivity index (χ2n) is 6.10. The van der Waals surface area contributed by atoms with Crippen LogP contribution in [-0.4, -0.2) is 49.5 Å². The lowest BCUT2D eigenvalue weighted by atomic mass is 9.86. The molecule has 0 aromatic heterocycles. The zero-order valence-corrected chi connectivity index (χ0v) is 11.5. The van der Waals surface area contributed by atoms with E-state index in [-0.39, 0.29) is 23.9 Å². The van der Waals surface area contributed by atoms with Crippen LogP contribution in [0, 0.1) is 22.7 Å². The second-order valence-corrected chi connectivity index (χ2v) is 6.10. The summed E-state index contributed by atoms with van der Waals surface area (Å²) in [5.41, 5.74) is 1.13. The molecule has 0 aliphatic carbocycles. The fourth-order valence-corrected chi connectivity index (χ4v) is 3.28. The van der Waals surface area contributed by atoms with E-state index in [0.29, 0.717) is 13.2 Å². The number of benzene rings is 1. The molecular formula is C16H20N2O2. The first-order valence-electron chi connectivity index (χ1n) is 7.12. The Hall–Kier alpha value is -1.41. The zero-order valence-electron chi connectivity index (χ0n) is 11.5. The summed E-state index contributed by atoms with van der Waals surface area (Å²) in [4.78, 5) is 2.31. The van der Waals surface area contributed by atoms with E-state index >= 15 is 0 Å². The number of nitriles is 1. The van der Waals surface area contributed by atoms with Gasteiger partial charge >= 0.3 is 0 Å². The topological polar surface area (TPSA) is 56.5 Å². The molecule has 0 spiro atoms. The molecule has 2 atom stereocenters. The molecule has 1 aromatic rings. The number of nitrogens with zero attached hydrogens (tertiary/aromatic N) is 2. The molecule has 2 aliphatic heterocycles. The monoisotopic (exact) mass is 272 g/mol. The van der Waals surface area contributed by atoms with Crippen molar-refractivity contribution in [2.45, 2.75) is 5.92 Å². The largest absolute Gasteiger partial charge is 0.396 e. The highest BCUT2D eigenvalue weighted by Crippen LogP contribution is 2.36. The van der Waals surface area contributed by atoms with Crippen molar-refractivity contribution in [1.29, 1.82) is 5.26 Å². The van der Waals surface area contributed by atoms with E-state index in [9.17, 15) is 10.4 Å². The molecule has 3 rings (SSSR count). The standard InChI is InChI=1S/C16H20N2O2/c17-6-14-7-18(9-16(10-19)11-20-12-16)8-15(14)13-4-2-1-3-5-13/h1-5,14-15,19H,7-12H2/t14-,15+/m1/s1. The van der Waals surface area contributed by atoms with E-state index < -0.39 is 0 Å². The van der Waals surface area contributed by atoms with Gasteiger partial charge in [-0.05, 0) is 5.56 Å². The lowest BCUT2D eigenvalue weighted by Gasteiger charge is -2.42. The maximum absolute atomic E-state index is 9.53. The minimum Gasteiger partial charge on any atom is -0.396 e. The van der Waals surface area contributed by atoms with Crippen LogP contribution in [0.2, 0.25) is 0 Å². The highest BCUT2D eigenvalue weighted by molar-refractivity contribution is 5.24. The van der Waals surface area contributed by atoms with Gasteiger partial charge in [-0.2, -0.15) is 5.26 Å². The Morgan fingerprint density at radius 3 is 2.60 bits per heavy atom. The highest BCUT2D eigenvalue weighted by atomic mass is 16.5. The highest BCUT2D eigenvalue weighted by Gasteiger charge is 2.43. The molecule has 4 nitrogen and oxygen atoms in total. The van der Waals surface area contributed by atoms with E-state index in [1.165, 1.54) is 5.56 Å². The summed E-state index contributed by atoms with van der Waals surface area (Å²) in [6.07, 6.45) is 0. The van der Waals surface area contributed by atoms with Crippen molar-refractivity contribution in [3.63, 3.8) is 0 Å². The van der Waals surface area contributed by atoms with Crippen LogP contribution in [-0.2, 0) is 4.74 Å². The maximum atomic E-state index is 9.53. The molecule has 106 valence electrons. The molecule has 2 fully saturated rings. The van der Waals surface area contributed by atoms with Gasteiger partial charge in [0.05, 0.1) is 37.2 Å². The lowest BCUT2D eigenvalue weighted by Crippen LogP contribution is -2.52. The Balaban J connectivity index is 1.70. The Morgan fingerprint density at radius 1 is 1.30 bits per heavy atom. The molecule has 1 N–H and O–H groups in total. The van der Waals surface area contributed by atoms with Crippen molar-refractivity contribution in [1.82, 2.24) is 4.90 Å². The number of likely N-dealkylation sites (tertiary alicyclic amines) is 1. The third kappa shape index (κ3) is 2.45. The second kappa shape index (κ2) is 5.53. The SMILES string of the molecule is N#C[C@@H]1CN(CC2(CO)COC2)C[C@H]1c1ccccc1. The van der Waals surface area contributed by atoms with Crippen molar-refractivity contribution in [2.75, 3.05) is 39.5 Å². The molecule has 2 aliphatic rings. The van der Waals surface area contributed by atoms with Gasteiger partial charge in [-0.3, -0.25) is 0 Å². The van der Waals surface area contributed by atoms with Crippen LogP contribution in [0.5, 0.6) is 0 Å². The van der Waals surface area contributed by atoms with Crippen LogP contribution in [0.3, 0.4) is 0 Å². The van der Waals surface area contributed by atoms with Crippen LogP contribution in [0.25, 0.3) is 0 Å². The predicted molar refractivity (Wildman–Crippen MR) is 75.1 cm³/mol. The number of aliphatic hydroxyl groups is 1. The number of hydrogen-bond donors (Lipinski definition) is 1. The number of rotatable bonds is 4. The Morgan fingerprint density at radius 2 is 2.05 bits per heavy atom. The Bertz CT molecular complexity index is 487. The minimum absolute atomic E-state index is 0.0362. The summed E-state index contributed by atoms with van der Waals surface area (Å²) in [5, 5.41) is 18.9. The first-order valence-corrected chi connectivity index (χ1v) is 7.12. The molecule has 2 saturated heterocycles. The van der Waals surface area contributed by atoms with E-state index in [2.05, 4.69) is 23.1 Å². The molecule has 0 bridgehead atoms. The van der Waals surface area contributed by atoms with Crippen molar-refractivity contribution >= 4 is 0 Å². The summed E-state index contributed by atoms with van der Waals surface area (Å²) < 4.78 is 5.25. The normalized spacial score (nSPS) is 28.8. The maximum Gasteiger partial charge on any atom is 0.0676 e. The van der Waals surface area contributed by atoms with Gasteiger partial charge < -0.3 is 14.7 Å². The third-order valence-electron chi connectivity index (χ3n) is 4.50. The van der Waals surface area contributed by atoms with Gasteiger partial charge in [0, 0.05) is 25.6 Å². The zero-order chi connectivity index (χ0) is 14.0. The average Bonchev–Trinajstić information content (AvgIpc) is 2.87. The number of aliphatic hydroxyl groups excluding tert-OH is 1. The molecule has 1 aromatic carbocycles. The Kier molecular flexibility index (Phi) is 3.75. The Labute approximate surface area is 119 Å². The third-order valence-corrected chi connectivity index (χ3v) is 4.50. The molecule has 0 unspecified atom stereocenters. The summed E-state index contributed by atoms with van der Waals surface area (Å²) in [6, 6.07) is 12.7. The minimum atomic E-state index is -0.106. The van der Waals surface area contributed by atoms with Gasteiger partial charge in [-0.25, -0.2) is 0 Å². The predicted octanol–water partition coefficient (Wildman–Crippen LogP) is 1.23. The van der Waals surface area contributed by atoms with Gasteiger partial charge in [0.25, 0.3) is 0 Å². The van der Waals surface area contributed by atoms with Gasteiger partial charge in [0.15, 0.2) is 0 Å². The first kappa shape index (κ1) is 13.6. The summed E-state index contributed by atoms with van der Waals surface area (Å²) >= 11 is 0. The summed E-state index contributed by atoms with van der Waals surface area (Å²) in [6.45, 7) is 3.93. The summed E-state index contributed by atoms with van der Waals surface area (Å²) in [7, 11) is 0. The van der Waals surface area contributed by atoms with E-state index in [1.54, 1.807) is 0 Å². The van der Waals surface area contributed by atoms with Crippen LogP contribution in [0.4, 0.5) is 0 Å². The molecule has 4 heteroatoms. The quantitative estimate of drug-likeness (QED) is 0.896. The molecule has 20 heavy (non-hydrogen) atoms. The molecule has 0 saturated carbocycles. The molecule has 0 radical (unpaired) electrons. The smallest absolute Gasteiger partial charge is 0.0676 e. The molecule has 0 amide bonds. The molecule has 2 heterocycles. The fraction of sp³-hybridized carbons (Fsp3) is 0.562. The van der Waals surface area contributed by atoms with Crippen LogP contribution in [0.15, 0.2) is 30.3 Å². The van der Waals surface area contributed by atoms with Crippen LogP contribution in [0.1, 0.15) is 11.5 Å². The number of ether oxygens (including phenoxy) is 1.